The maximum atomic E-state index is 4.88. The summed E-state index contributed by atoms with van der Waals surface area (Å²) in [5.74, 6) is 3.62. The molecule has 0 spiro atoms. The highest BCUT2D eigenvalue weighted by Gasteiger charge is 2.25. The maximum Gasteiger partial charge on any atom is 0.194 e. The van der Waals surface area contributed by atoms with Gasteiger partial charge >= 0.3 is 0 Å². The lowest BCUT2D eigenvalue weighted by Gasteiger charge is -2.21. The molecule has 1 atom stereocenters. The summed E-state index contributed by atoms with van der Waals surface area (Å²) in [7, 11) is 0. The minimum Gasteiger partial charge on any atom is -0.357 e. The van der Waals surface area contributed by atoms with Crippen molar-refractivity contribution in [3.8, 4) is 5.69 Å². The Morgan fingerprint density at radius 2 is 1.90 bits per heavy atom. The highest BCUT2D eigenvalue weighted by Crippen LogP contribution is 2.26. The lowest BCUT2D eigenvalue weighted by molar-refractivity contribution is 0.474. The summed E-state index contributed by atoms with van der Waals surface area (Å²) in [6, 6.07) is 20.8. The third-order valence-corrected chi connectivity index (χ3v) is 6.42. The van der Waals surface area contributed by atoms with E-state index >= 15 is 0 Å². The maximum absolute atomic E-state index is 4.88. The van der Waals surface area contributed by atoms with Crippen LogP contribution in [0, 0.1) is 5.92 Å². The van der Waals surface area contributed by atoms with Crippen LogP contribution in [0.5, 0.6) is 0 Å². The lowest BCUT2D eigenvalue weighted by Crippen LogP contribution is -2.40. The Bertz CT molecular complexity index is 941. The smallest absolute Gasteiger partial charge is 0.194 e. The van der Waals surface area contributed by atoms with Gasteiger partial charge in [0.25, 0.3) is 0 Å². The zero-order chi connectivity index (χ0) is 20.6. The van der Waals surface area contributed by atoms with Crippen molar-refractivity contribution in [3.63, 3.8) is 0 Å². The molecule has 0 aliphatic carbocycles. The van der Waals surface area contributed by atoms with E-state index in [1.165, 1.54) is 11.3 Å². The molecule has 7 heteroatoms. The molecule has 1 saturated heterocycles. The number of nitrogens with zero attached hydrogens (tertiary/aromatic N) is 5. The number of likely N-dealkylation sites (tertiary alicyclic amines) is 1. The lowest BCUT2D eigenvalue weighted by atomic mass is 10.2. The zero-order valence-electron chi connectivity index (χ0n) is 17.3. The van der Waals surface area contributed by atoms with E-state index in [9.17, 15) is 0 Å². The van der Waals surface area contributed by atoms with Crippen molar-refractivity contribution in [1.82, 2.24) is 25.0 Å². The van der Waals surface area contributed by atoms with Gasteiger partial charge in [0.2, 0.25) is 0 Å². The van der Waals surface area contributed by atoms with Crippen LogP contribution in [0.15, 0.2) is 76.9 Å². The second kappa shape index (κ2) is 10.3. The van der Waals surface area contributed by atoms with Crippen LogP contribution in [-0.2, 0) is 6.54 Å². The van der Waals surface area contributed by atoms with Gasteiger partial charge in [0.1, 0.15) is 12.9 Å². The van der Waals surface area contributed by atoms with Crippen LogP contribution >= 0.6 is 11.8 Å². The van der Waals surface area contributed by atoms with E-state index in [1.54, 1.807) is 6.33 Å². The first-order valence-electron chi connectivity index (χ1n) is 10.5. The molecule has 1 fully saturated rings. The summed E-state index contributed by atoms with van der Waals surface area (Å²) in [5, 5.41) is 11.8. The van der Waals surface area contributed by atoms with Crippen LogP contribution in [0.4, 0.5) is 0 Å². The fourth-order valence-electron chi connectivity index (χ4n) is 3.63. The average molecular weight is 421 g/mol. The van der Waals surface area contributed by atoms with Gasteiger partial charge in [-0.05, 0) is 43.5 Å². The Morgan fingerprint density at radius 3 is 2.67 bits per heavy atom. The van der Waals surface area contributed by atoms with Gasteiger partial charge < -0.3 is 10.2 Å². The highest BCUT2D eigenvalue weighted by atomic mass is 32.2. The molecule has 1 aromatic heterocycles. The molecule has 0 saturated carbocycles. The van der Waals surface area contributed by atoms with Crippen molar-refractivity contribution in [1.29, 1.82) is 0 Å². The van der Waals surface area contributed by atoms with Gasteiger partial charge in [0.05, 0.1) is 0 Å². The molecule has 1 aliphatic heterocycles. The molecular formula is C23H28N6S. The van der Waals surface area contributed by atoms with Crippen LogP contribution in [-0.4, -0.2) is 51.0 Å². The number of rotatable bonds is 7. The number of hydrogen-bond donors (Lipinski definition) is 1. The van der Waals surface area contributed by atoms with Crippen LogP contribution in [0.25, 0.3) is 5.69 Å². The molecule has 156 valence electrons. The number of benzene rings is 2. The Kier molecular flexibility index (Phi) is 7.03. The quantitative estimate of drug-likeness (QED) is 0.357. The molecule has 0 amide bonds. The summed E-state index contributed by atoms with van der Waals surface area (Å²) in [6.45, 7) is 5.54. The Labute approximate surface area is 182 Å². The molecule has 1 unspecified atom stereocenters. The number of para-hydroxylation sites is 1. The van der Waals surface area contributed by atoms with Gasteiger partial charge in [-0.1, -0.05) is 36.4 Å². The van der Waals surface area contributed by atoms with Crippen LogP contribution in [0.3, 0.4) is 0 Å². The standard InChI is InChI=1S/C23H28N6S/c1-2-24-23(25-15-22-27-26-18-29(22)20-9-5-3-6-10-20)28-14-13-19(16-28)17-30-21-11-7-4-8-12-21/h3-12,18-19H,2,13-17H2,1H3,(H,24,25). The van der Waals surface area contributed by atoms with E-state index in [2.05, 4.69) is 69.8 Å². The van der Waals surface area contributed by atoms with E-state index < -0.39 is 0 Å². The largest absolute Gasteiger partial charge is 0.357 e. The third-order valence-electron chi connectivity index (χ3n) is 5.17. The van der Waals surface area contributed by atoms with E-state index in [0.29, 0.717) is 12.5 Å². The minimum absolute atomic E-state index is 0.497. The van der Waals surface area contributed by atoms with E-state index in [0.717, 1.165) is 42.9 Å². The van der Waals surface area contributed by atoms with Crippen LogP contribution < -0.4 is 5.32 Å². The van der Waals surface area contributed by atoms with Crippen molar-refractivity contribution in [2.75, 3.05) is 25.4 Å². The number of nitrogens with one attached hydrogen (secondary N) is 1. The van der Waals surface area contributed by atoms with Crippen molar-refractivity contribution >= 4 is 17.7 Å². The predicted molar refractivity (Wildman–Crippen MR) is 123 cm³/mol. The Balaban J connectivity index is 1.38. The summed E-state index contributed by atoms with van der Waals surface area (Å²) >= 11 is 1.95. The average Bonchev–Trinajstić information content (AvgIpc) is 3.46. The van der Waals surface area contributed by atoms with E-state index in [4.69, 9.17) is 4.99 Å². The van der Waals surface area contributed by atoms with Crippen molar-refractivity contribution in [2.45, 2.75) is 24.8 Å². The molecular weight excluding hydrogens is 392 g/mol. The molecule has 0 bridgehead atoms. The number of hydrogen-bond acceptors (Lipinski definition) is 4. The van der Waals surface area contributed by atoms with Gasteiger partial charge in [-0.15, -0.1) is 22.0 Å². The summed E-state index contributed by atoms with van der Waals surface area (Å²) < 4.78 is 2.00. The fourth-order valence-corrected chi connectivity index (χ4v) is 4.68. The second-order valence-corrected chi connectivity index (χ2v) is 8.44. The molecule has 3 aromatic rings. The van der Waals surface area contributed by atoms with Gasteiger partial charge in [0, 0.05) is 36.0 Å². The van der Waals surface area contributed by atoms with Crippen molar-refractivity contribution in [3.05, 3.63) is 72.8 Å². The van der Waals surface area contributed by atoms with Gasteiger partial charge in [-0.2, -0.15) is 0 Å². The van der Waals surface area contributed by atoms with Crippen molar-refractivity contribution < 1.29 is 0 Å². The first-order valence-corrected chi connectivity index (χ1v) is 11.5. The molecule has 0 radical (unpaired) electrons. The monoisotopic (exact) mass is 420 g/mol. The van der Waals surface area contributed by atoms with Crippen LogP contribution in [0.1, 0.15) is 19.2 Å². The first kappa shape index (κ1) is 20.5. The predicted octanol–water partition coefficient (Wildman–Crippen LogP) is 3.85. The molecule has 1 N–H and O–H groups in total. The molecule has 2 heterocycles. The van der Waals surface area contributed by atoms with E-state index in [-0.39, 0.29) is 0 Å². The number of thioether (sulfide) groups is 1. The first-order chi connectivity index (χ1) is 14.8. The van der Waals surface area contributed by atoms with Crippen LogP contribution in [0.2, 0.25) is 0 Å². The summed E-state index contributed by atoms with van der Waals surface area (Å²) in [4.78, 5) is 8.60. The highest BCUT2D eigenvalue weighted by molar-refractivity contribution is 7.99. The van der Waals surface area contributed by atoms with Gasteiger partial charge in [0.15, 0.2) is 11.8 Å². The minimum atomic E-state index is 0.497. The van der Waals surface area contributed by atoms with Crippen molar-refractivity contribution in [2.24, 2.45) is 10.9 Å². The fraction of sp³-hybridized carbons (Fsp3) is 0.348. The zero-order valence-corrected chi connectivity index (χ0v) is 18.1. The molecule has 1 aliphatic rings. The Morgan fingerprint density at radius 1 is 1.13 bits per heavy atom. The van der Waals surface area contributed by atoms with E-state index in [1.807, 2.05) is 34.5 Å². The molecule has 6 nitrogen and oxygen atoms in total. The van der Waals surface area contributed by atoms with Gasteiger partial charge in [-0.25, -0.2) is 4.99 Å². The third kappa shape index (κ3) is 5.21. The molecule has 2 aromatic carbocycles. The molecule has 30 heavy (non-hydrogen) atoms. The Hall–Kier alpha value is -2.80. The summed E-state index contributed by atoms with van der Waals surface area (Å²) in [5.41, 5.74) is 1.05. The second-order valence-electron chi connectivity index (χ2n) is 7.35. The summed E-state index contributed by atoms with van der Waals surface area (Å²) in [6.07, 6.45) is 2.95. The number of aliphatic imine (C=N–C) groups is 1. The molecule has 4 rings (SSSR count). The number of aromatic nitrogens is 3. The van der Waals surface area contributed by atoms with Gasteiger partial charge in [-0.3, -0.25) is 4.57 Å². The topological polar surface area (TPSA) is 58.3 Å². The normalized spacial score (nSPS) is 16.8. The number of guanidine groups is 1. The SMILES string of the molecule is CCNC(=NCc1nncn1-c1ccccc1)N1CCC(CSc2ccccc2)C1.